The molecule has 4 nitrogen and oxygen atoms in total. The summed E-state index contributed by atoms with van der Waals surface area (Å²) in [6.45, 7) is 4.74. The van der Waals surface area contributed by atoms with Gasteiger partial charge in [0.25, 0.3) is 0 Å². The summed E-state index contributed by atoms with van der Waals surface area (Å²) in [6.07, 6.45) is 0.226. The fourth-order valence-electron chi connectivity index (χ4n) is 2.38. The normalized spacial score (nSPS) is 10.4. The third kappa shape index (κ3) is 4.42. The number of benzene rings is 1. The van der Waals surface area contributed by atoms with Crippen LogP contribution in [0.25, 0.3) is 0 Å². The van der Waals surface area contributed by atoms with Crippen LogP contribution < -0.4 is 4.74 Å². The van der Waals surface area contributed by atoms with Gasteiger partial charge in [-0.15, -0.1) is 11.3 Å². The van der Waals surface area contributed by atoms with Crippen LogP contribution in [-0.2, 0) is 17.8 Å². The number of hydrogen-bond acceptors (Lipinski definition) is 4. The smallest absolute Gasteiger partial charge is 0.227 e. The van der Waals surface area contributed by atoms with Crippen LogP contribution in [0.2, 0.25) is 0 Å². The van der Waals surface area contributed by atoms with Gasteiger partial charge in [-0.25, -0.2) is 0 Å². The number of likely N-dealkylation sites (N-methyl/N-ethyl adjacent to an activating group) is 1. The minimum Gasteiger partial charge on any atom is -0.496 e. The second-order valence-electron chi connectivity index (χ2n) is 5.25. The van der Waals surface area contributed by atoms with E-state index in [9.17, 15) is 9.59 Å². The van der Waals surface area contributed by atoms with Crippen molar-refractivity contribution in [2.24, 2.45) is 0 Å². The van der Waals surface area contributed by atoms with Crippen molar-refractivity contribution >= 4 is 23.0 Å². The Balaban J connectivity index is 2.17. The molecule has 1 aromatic carbocycles. The van der Waals surface area contributed by atoms with E-state index in [2.05, 4.69) is 0 Å². The Kier molecular flexibility index (Phi) is 5.93. The summed E-state index contributed by atoms with van der Waals surface area (Å²) in [5.41, 5.74) is 1.34. The summed E-state index contributed by atoms with van der Waals surface area (Å²) in [5, 5.41) is 2.01. The van der Waals surface area contributed by atoms with Crippen molar-refractivity contribution in [3.63, 3.8) is 0 Å². The van der Waals surface area contributed by atoms with Gasteiger partial charge in [0.15, 0.2) is 5.78 Å². The van der Waals surface area contributed by atoms with E-state index in [1.54, 1.807) is 36.6 Å². The molecule has 0 fully saturated rings. The standard InChI is InChI=1S/C18H21NO3S/c1-4-19(12-16-6-5-9-23-16)18(21)11-15-10-14(13(2)20)7-8-17(15)22-3/h5-10H,4,11-12H2,1-3H3. The van der Waals surface area contributed by atoms with E-state index in [4.69, 9.17) is 4.74 Å². The lowest BCUT2D eigenvalue weighted by molar-refractivity contribution is -0.130. The molecule has 0 unspecified atom stereocenters. The Morgan fingerprint density at radius 2 is 2.04 bits per heavy atom. The fraction of sp³-hybridized carbons (Fsp3) is 0.333. The minimum atomic E-state index is -0.0210. The van der Waals surface area contributed by atoms with Crippen LogP contribution in [0.1, 0.15) is 34.6 Å². The van der Waals surface area contributed by atoms with Crippen molar-refractivity contribution in [2.45, 2.75) is 26.8 Å². The average molecular weight is 331 g/mol. The molecule has 0 aliphatic carbocycles. The summed E-state index contributed by atoms with van der Waals surface area (Å²) in [4.78, 5) is 27.1. The van der Waals surface area contributed by atoms with E-state index in [0.717, 1.165) is 10.4 Å². The van der Waals surface area contributed by atoms with Crippen LogP contribution in [0.3, 0.4) is 0 Å². The van der Waals surface area contributed by atoms with Crippen molar-refractivity contribution in [1.82, 2.24) is 4.90 Å². The lowest BCUT2D eigenvalue weighted by atomic mass is 10.0. The topological polar surface area (TPSA) is 46.6 Å². The van der Waals surface area contributed by atoms with Gasteiger partial charge < -0.3 is 9.64 Å². The van der Waals surface area contributed by atoms with Crippen molar-refractivity contribution < 1.29 is 14.3 Å². The molecule has 0 saturated carbocycles. The number of Topliss-reactive ketones (excluding diaryl/α,β-unsaturated/α-hetero) is 1. The van der Waals surface area contributed by atoms with Gasteiger partial charge in [0.1, 0.15) is 5.75 Å². The predicted octanol–water partition coefficient (Wildman–Crippen LogP) is 3.55. The van der Waals surface area contributed by atoms with Gasteiger partial charge in [0.2, 0.25) is 5.91 Å². The molecule has 0 atom stereocenters. The number of carbonyl (C=O) groups excluding carboxylic acids is 2. The third-order valence-electron chi connectivity index (χ3n) is 3.69. The molecule has 1 amide bonds. The lowest BCUT2D eigenvalue weighted by Gasteiger charge is -2.21. The summed E-state index contributed by atoms with van der Waals surface area (Å²) in [5.74, 6) is 0.641. The molecule has 0 N–H and O–H groups in total. The van der Waals surface area contributed by atoms with Gasteiger partial charge in [0.05, 0.1) is 20.1 Å². The monoisotopic (exact) mass is 331 g/mol. The second-order valence-corrected chi connectivity index (χ2v) is 6.28. The van der Waals surface area contributed by atoms with Gasteiger partial charge in [-0.1, -0.05) is 6.07 Å². The highest BCUT2D eigenvalue weighted by atomic mass is 32.1. The van der Waals surface area contributed by atoms with Gasteiger partial charge in [0, 0.05) is 22.5 Å². The van der Waals surface area contributed by atoms with Crippen LogP contribution in [0.15, 0.2) is 35.7 Å². The molecule has 0 saturated heterocycles. The van der Waals surface area contributed by atoms with Gasteiger partial charge >= 0.3 is 0 Å². The van der Waals surface area contributed by atoms with E-state index in [1.165, 1.54) is 6.92 Å². The van der Waals surface area contributed by atoms with Crippen LogP contribution in [-0.4, -0.2) is 30.2 Å². The maximum atomic E-state index is 12.6. The van der Waals surface area contributed by atoms with Gasteiger partial charge in [-0.05, 0) is 43.5 Å². The van der Waals surface area contributed by atoms with Crippen LogP contribution >= 0.6 is 11.3 Å². The highest BCUT2D eigenvalue weighted by Gasteiger charge is 2.16. The Hall–Kier alpha value is -2.14. The summed E-state index contributed by atoms with van der Waals surface area (Å²) in [7, 11) is 1.57. The van der Waals surface area contributed by atoms with Crippen molar-refractivity contribution in [2.75, 3.05) is 13.7 Å². The summed E-state index contributed by atoms with van der Waals surface area (Å²) < 4.78 is 5.32. The maximum absolute atomic E-state index is 12.6. The van der Waals surface area contributed by atoms with E-state index in [0.29, 0.717) is 24.4 Å². The number of amides is 1. The molecule has 0 spiro atoms. The number of methoxy groups -OCH3 is 1. The molecule has 0 aliphatic rings. The predicted molar refractivity (Wildman–Crippen MR) is 92.1 cm³/mol. The maximum Gasteiger partial charge on any atom is 0.227 e. The molecule has 5 heteroatoms. The Labute approximate surface area is 140 Å². The first-order valence-electron chi connectivity index (χ1n) is 7.53. The molecule has 1 aromatic heterocycles. The van der Waals surface area contributed by atoms with Crippen molar-refractivity contribution in [3.05, 3.63) is 51.7 Å². The minimum absolute atomic E-state index is 0.0210. The molecular formula is C18H21NO3S. The zero-order valence-electron chi connectivity index (χ0n) is 13.7. The Bertz CT molecular complexity index is 680. The first kappa shape index (κ1) is 17.2. The molecule has 2 rings (SSSR count). The van der Waals surface area contributed by atoms with Crippen molar-refractivity contribution in [1.29, 1.82) is 0 Å². The SMILES string of the molecule is CCN(Cc1cccs1)C(=O)Cc1cc(C(C)=O)ccc1OC. The zero-order chi connectivity index (χ0) is 16.8. The highest BCUT2D eigenvalue weighted by Crippen LogP contribution is 2.22. The molecule has 0 aliphatic heterocycles. The van der Waals surface area contributed by atoms with Crippen LogP contribution in [0.5, 0.6) is 5.75 Å². The molecule has 122 valence electrons. The highest BCUT2D eigenvalue weighted by molar-refractivity contribution is 7.09. The number of nitrogens with zero attached hydrogens (tertiary/aromatic N) is 1. The Morgan fingerprint density at radius 3 is 2.61 bits per heavy atom. The molecule has 2 aromatic rings. The molecular weight excluding hydrogens is 310 g/mol. The number of ketones is 1. The molecule has 23 heavy (non-hydrogen) atoms. The average Bonchev–Trinajstić information content (AvgIpc) is 3.05. The van der Waals surface area contributed by atoms with E-state index in [1.807, 2.05) is 29.3 Å². The fourth-order valence-corrected chi connectivity index (χ4v) is 3.10. The summed E-state index contributed by atoms with van der Waals surface area (Å²) in [6, 6.07) is 9.22. The first-order valence-corrected chi connectivity index (χ1v) is 8.41. The van der Waals surface area contributed by atoms with E-state index in [-0.39, 0.29) is 18.1 Å². The zero-order valence-corrected chi connectivity index (χ0v) is 14.5. The number of hydrogen-bond donors (Lipinski definition) is 0. The molecule has 0 radical (unpaired) electrons. The lowest BCUT2D eigenvalue weighted by Crippen LogP contribution is -2.31. The summed E-state index contributed by atoms with van der Waals surface area (Å²) >= 11 is 1.64. The first-order chi connectivity index (χ1) is 11.0. The van der Waals surface area contributed by atoms with Gasteiger partial charge in [-0.3, -0.25) is 9.59 Å². The van der Waals surface area contributed by atoms with Gasteiger partial charge in [-0.2, -0.15) is 0 Å². The molecule has 0 bridgehead atoms. The largest absolute Gasteiger partial charge is 0.496 e. The Morgan fingerprint density at radius 1 is 1.26 bits per heavy atom. The number of ether oxygens (including phenoxy) is 1. The second kappa shape index (κ2) is 7.92. The third-order valence-corrected chi connectivity index (χ3v) is 4.55. The van der Waals surface area contributed by atoms with E-state index >= 15 is 0 Å². The molecule has 1 heterocycles. The number of thiophene rings is 1. The van der Waals surface area contributed by atoms with Crippen LogP contribution in [0.4, 0.5) is 0 Å². The quantitative estimate of drug-likeness (QED) is 0.729. The van der Waals surface area contributed by atoms with Crippen molar-refractivity contribution in [3.8, 4) is 5.75 Å². The van der Waals surface area contributed by atoms with Crippen LogP contribution in [0, 0.1) is 0 Å². The van der Waals surface area contributed by atoms with E-state index < -0.39 is 0 Å². The number of carbonyl (C=O) groups is 2. The number of rotatable bonds is 7.